The summed E-state index contributed by atoms with van der Waals surface area (Å²) in [7, 11) is 0. The number of carbonyl (C=O) groups excluding carboxylic acids is 1. The van der Waals surface area contributed by atoms with E-state index in [2.05, 4.69) is 14.7 Å². The van der Waals surface area contributed by atoms with Crippen LogP contribution in [0.1, 0.15) is 24.2 Å². The number of urea groups is 1. The molecule has 0 saturated carbocycles. The minimum Gasteiger partial charge on any atom is -0.396 e. The monoisotopic (exact) mass is 396 g/mol. The van der Waals surface area contributed by atoms with Crippen molar-refractivity contribution in [3.63, 3.8) is 0 Å². The summed E-state index contributed by atoms with van der Waals surface area (Å²) in [6.45, 7) is 1.07. The van der Waals surface area contributed by atoms with Crippen molar-refractivity contribution in [2.45, 2.75) is 19.3 Å². The van der Waals surface area contributed by atoms with E-state index in [1.165, 1.54) is 6.07 Å². The topological polar surface area (TPSA) is 78.3 Å². The largest absolute Gasteiger partial charge is 0.396 e. The van der Waals surface area contributed by atoms with Crippen LogP contribution < -0.4 is 5.32 Å². The number of amides is 2. The van der Waals surface area contributed by atoms with Crippen molar-refractivity contribution in [3.8, 4) is 0 Å². The van der Waals surface area contributed by atoms with Gasteiger partial charge in [0.1, 0.15) is 11.6 Å². The summed E-state index contributed by atoms with van der Waals surface area (Å²) in [4.78, 5) is 18.1. The van der Waals surface area contributed by atoms with Gasteiger partial charge in [0.05, 0.1) is 6.61 Å². The first kappa shape index (κ1) is 18.8. The van der Waals surface area contributed by atoms with Crippen LogP contribution in [0.2, 0.25) is 5.02 Å². The minimum absolute atomic E-state index is 0.0282. The number of anilines is 1. The summed E-state index contributed by atoms with van der Waals surface area (Å²) < 4.78 is 17.9. The number of aliphatic hydroxyl groups excluding tert-OH is 1. The van der Waals surface area contributed by atoms with Crippen molar-refractivity contribution in [2.75, 3.05) is 25.0 Å². The van der Waals surface area contributed by atoms with Crippen LogP contribution in [0.25, 0.3) is 6.08 Å². The van der Waals surface area contributed by atoms with Crippen LogP contribution in [0.5, 0.6) is 0 Å². The summed E-state index contributed by atoms with van der Waals surface area (Å²) in [6, 6.07) is 4.38. The number of benzene rings is 1. The molecule has 0 atom stereocenters. The van der Waals surface area contributed by atoms with Gasteiger partial charge in [0.2, 0.25) is 5.13 Å². The van der Waals surface area contributed by atoms with E-state index in [0.717, 1.165) is 17.1 Å². The predicted octanol–water partition coefficient (Wildman–Crippen LogP) is 3.58. The minimum atomic E-state index is -0.347. The van der Waals surface area contributed by atoms with Gasteiger partial charge in [-0.25, -0.2) is 14.2 Å². The molecule has 1 aliphatic heterocycles. The zero-order chi connectivity index (χ0) is 18.5. The van der Waals surface area contributed by atoms with Crippen molar-refractivity contribution in [1.29, 1.82) is 0 Å². The van der Waals surface area contributed by atoms with Gasteiger partial charge in [-0.15, -0.1) is 0 Å². The average molecular weight is 397 g/mol. The van der Waals surface area contributed by atoms with Gasteiger partial charge in [-0.3, -0.25) is 5.32 Å². The van der Waals surface area contributed by atoms with E-state index in [-0.39, 0.29) is 18.5 Å². The zero-order valence-electron chi connectivity index (χ0n) is 13.9. The Morgan fingerprint density at radius 1 is 1.42 bits per heavy atom. The number of carbonyl (C=O) groups is 1. The van der Waals surface area contributed by atoms with Crippen LogP contribution in [-0.2, 0) is 6.42 Å². The molecule has 2 amide bonds. The third-order valence-corrected chi connectivity index (χ3v) is 4.94. The molecule has 138 valence electrons. The lowest BCUT2D eigenvalue weighted by atomic mass is 10.0. The smallest absolute Gasteiger partial charge is 0.323 e. The lowest BCUT2D eigenvalue weighted by Gasteiger charge is -2.28. The number of aromatic nitrogens is 2. The highest BCUT2D eigenvalue weighted by Crippen LogP contribution is 2.23. The number of piperidine rings is 1. The van der Waals surface area contributed by atoms with Gasteiger partial charge in [-0.1, -0.05) is 29.3 Å². The van der Waals surface area contributed by atoms with Gasteiger partial charge in [0, 0.05) is 41.6 Å². The van der Waals surface area contributed by atoms with Crippen LogP contribution >= 0.6 is 23.1 Å². The molecular weight excluding hydrogens is 379 g/mol. The van der Waals surface area contributed by atoms with E-state index in [0.29, 0.717) is 53.9 Å². The molecule has 1 saturated heterocycles. The standard InChI is InChI=1S/C17H18ClFN4O2S/c18-13-2-1-12(14(19)10-13)9-11-3-6-23(7-4-11)17(25)21-16-20-15(5-8-24)22-26-16/h1-2,9-10,24H,3-8H2,(H,20,21,22,25). The van der Waals surface area contributed by atoms with Gasteiger partial charge in [0.15, 0.2) is 0 Å². The van der Waals surface area contributed by atoms with Gasteiger partial charge >= 0.3 is 6.03 Å². The average Bonchev–Trinajstić information content (AvgIpc) is 3.05. The van der Waals surface area contributed by atoms with Gasteiger partial charge in [-0.05, 0) is 25.0 Å². The number of nitrogens with zero attached hydrogens (tertiary/aromatic N) is 3. The molecule has 0 radical (unpaired) electrons. The first-order valence-electron chi connectivity index (χ1n) is 8.19. The fourth-order valence-corrected chi connectivity index (χ4v) is 3.42. The molecule has 6 nitrogen and oxygen atoms in total. The third-order valence-electron chi connectivity index (χ3n) is 4.03. The summed E-state index contributed by atoms with van der Waals surface area (Å²) in [5, 5.41) is 12.4. The number of likely N-dealkylation sites (tertiary alicyclic amines) is 1. The second kappa shape index (κ2) is 8.57. The molecule has 1 aliphatic rings. The van der Waals surface area contributed by atoms with Crippen molar-refractivity contribution in [2.24, 2.45) is 0 Å². The SMILES string of the molecule is O=C(Nc1nc(CCO)ns1)N1CCC(=Cc2ccc(Cl)cc2F)CC1. The molecule has 1 fully saturated rings. The molecule has 0 aliphatic carbocycles. The van der Waals surface area contributed by atoms with Crippen LogP contribution in [0.3, 0.4) is 0 Å². The number of halogens is 2. The van der Waals surface area contributed by atoms with Gasteiger partial charge in [0.25, 0.3) is 0 Å². The Kier molecular flexibility index (Phi) is 6.18. The predicted molar refractivity (Wildman–Crippen MR) is 99.9 cm³/mol. The van der Waals surface area contributed by atoms with Crippen molar-refractivity contribution in [3.05, 3.63) is 46.0 Å². The molecule has 2 heterocycles. The van der Waals surface area contributed by atoms with Gasteiger partial charge < -0.3 is 10.0 Å². The van der Waals surface area contributed by atoms with E-state index in [1.807, 2.05) is 6.08 Å². The van der Waals surface area contributed by atoms with Crippen LogP contribution in [0.15, 0.2) is 23.8 Å². The molecule has 2 N–H and O–H groups in total. The molecule has 2 aromatic rings. The fraction of sp³-hybridized carbons (Fsp3) is 0.353. The highest BCUT2D eigenvalue weighted by atomic mass is 35.5. The van der Waals surface area contributed by atoms with Crippen LogP contribution in [0.4, 0.5) is 14.3 Å². The lowest BCUT2D eigenvalue weighted by Crippen LogP contribution is -2.39. The Morgan fingerprint density at radius 3 is 2.88 bits per heavy atom. The number of nitrogens with one attached hydrogen (secondary N) is 1. The first-order valence-corrected chi connectivity index (χ1v) is 9.34. The van der Waals surface area contributed by atoms with E-state index < -0.39 is 0 Å². The third kappa shape index (κ3) is 4.78. The Hall–Kier alpha value is -2.03. The number of rotatable bonds is 4. The highest BCUT2D eigenvalue weighted by Gasteiger charge is 2.20. The van der Waals surface area contributed by atoms with E-state index >= 15 is 0 Å². The Balaban J connectivity index is 1.55. The maximum atomic E-state index is 13.9. The zero-order valence-corrected chi connectivity index (χ0v) is 15.5. The molecule has 0 unspecified atom stereocenters. The molecule has 26 heavy (non-hydrogen) atoms. The Bertz CT molecular complexity index is 817. The summed E-state index contributed by atoms with van der Waals surface area (Å²) in [5.41, 5.74) is 1.60. The normalized spacial score (nSPS) is 14.4. The van der Waals surface area contributed by atoms with Crippen molar-refractivity contribution < 1.29 is 14.3 Å². The summed E-state index contributed by atoms with van der Waals surface area (Å²) in [6.07, 6.45) is 3.56. The molecule has 0 spiro atoms. The van der Waals surface area contributed by atoms with Crippen molar-refractivity contribution >= 4 is 40.4 Å². The summed E-state index contributed by atoms with van der Waals surface area (Å²) in [5.74, 6) is 0.168. The van der Waals surface area contributed by atoms with Crippen LogP contribution in [0, 0.1) is 5.82 Å². The fourth-order valence-electron chi connectivity index (χ4n) is 2.66. The molecule has 1 aromatic heterocycles. The number of aliphatic hydroxyl groups is 1. The molecule has 9 heteroatoms. The Morgan fingerprint density at radius 2 is 2.19 bits per heavy atom. The summed E-state index contributed by atoms with van der Waals surface area (Å²) >= 11 is 6.86. The number of hydrogen-bond donors (Lipinski definition) is 2. The maximum absolute atomic E-state index is 13.9. The second-order valence-corrected chi connectivity index (χ2v) is 7.06. The highest BCUT2D eigenvalue weighted by molar-refractivity contribution is 7.09. The first-order chi connectivity index (χ1) is 12.5. The van der Waals surface area contributed by atoms with Crippen LogP contribution in [-0.4, -0.2) is 45.1 Å². The lowest BCUT2D eigenvalue weighted by molar-refractivity contribution is 0.208. The van der Waals surface area contributed by atoms with Gasteiger partial charge in [-0.2, -0.15) is 4.37 Å². The maximum Gasteiger partial charge on any atom is 0.323 e. The van der Waals surface area contributed by atoms with E-state index in [9.17, 15) is 9.18 Å². The number of hydrogen-bond acceptors (Lipinski definition) is 5. The molecule has 1 aromatic carbocycles. The molecule has 3 rings (SSSR count). The van der Waals surface area contributed by atoms with E-state index in [1.54, 1.807) is 17.0 Å². The Labute approximate surface area is 159 Å². The molecular formula is C17H18ClFN4O2S. The molecule has 0 bridgehead atoms. The van der Waals surface area contributed by atoms with E-state index in [4.69, 9.17) is 16.7 Å². The second-order valence-electron chi connectivity index (χ2n) is 5.87. The quantitative estimate of drug-likeness (QED) is 0.828. The van der Waals surface area contributed by atoms with Crippen molar-refractivity contribution in [1.82, 2.24) is 14.3 Å².